The van der Waals surface area contributed by atoms with Crippen molar-refractivity contribution < 1.29 is 9.59 Å². The molecule has 0 aliphatic carbocycles. The van der Waals surface area contributed by atoms with Gasteiger partial charge in [0, 0.05) is 0 Å². The first-order valence-electron chi connectivity index (χ1n) is 12.0. The Bertz CT molecular complexity index is 1490. The van der Waals surface area contributed by atoms with Crippen molar-refractivity contribution in [3.05, 3.63) is 46.2 Å². The van der Waals surface area contributed by atoms with Gasteiger partial charge in [-0.1, -0.05) is 0 Å². The van der Waals surface area contributed by atoms with Crippen molar-refractivity contribution in [3.8, 4) is 20.9 Å². The molecule has 0 unspecified atom stereocenters. The zero-order valence-corrected chi connectivity index (χ0v) is 30.9. The molecule has 8 heteroatoms. The summed E-state index contributed by atoms with van der Waals surface area (Å²) in [4.78, 5) is 43.2. The molecule has 4 aromatic heterocycles. The summed E-state index contributed by atoms with van der Waals surface area (Å²) in [7, 11) is 0. The number of ketones is 2. The van der Waals surface area contributed by atoms with E-state index in [2.05, 4.69) is 53.9 Å². The van der Waals surface area contributed by atoms with Crippen LogP contribution < -0.4 is 5.79 Å². The Morgan fingerprint density at radius 3 is 1.22 bits per heavy atom. The fraction of sp³-hybridized carbons (Fsp3) is 0.286. The average Bonchev–Trinajstić information content (AvgIpc) is 3.55. The number of rotatable bonds is 6. The number of hydrogen-bond donors (Lipinski definition) is 0. The van der Waals surface area contributed by atoms with Crippen molar-refractivity contribution in [1.29, 1.82) is 0 Å². The summed E-state index contributed by atoms with van der Waals surface area (Å²) in [5.74, 6) is 0.251. The van der Waals surface area contributed by atoms with Crippen LogP contribution in [0.1, 0.15) is 33.2 Å². The second-order valence-corrected chi connectivity index (χ2v) is 46.5. The van der Waals surface area contributed by atoms with Gasteiger partial charge in [-0.2, -0.15) is 0 Å². The topological polar surface area (TPSA) is 34.1 Å². The quantitative estimate of drug-likeness (QED) is 0.128. The Hall–Kier alpha value is -0.523. The maximum absolute atomic E-state index is 12.2. The van der Waals surface area contributed by atoms with E-state index in [1.165, 1.54) is 41.1 Å². The monoisotopic (exact) mass is 766 g/mol. The number of hydrogen-bond acceptors (Lipinski definition) is 6. The standard InChI is InChI=1S/C22H12O2S4.6CH3.2Sn/c1-11(23)15-3-5-17(27-15)19-13-7-9-26-22(13)20(14-8-10-25-21(14)19)18-6-4-16(28-18)12(2)24;;;;;;;;/h3-8H,1-2H3;6*1H3;;. The van der Waals surface area contributed by atoms with E-state index >= 15 is 0 Å². The summed E-state index contributed by atoms with van der Waals surface area (Å²) in [6.07, 6.45) is 0. The molecule has 186 valence electrons. The van der Waals surface area contributed by atoms with E-state index in [4.69, 9.17) is 0 Å². The first-order chi connectivity index (χ1) is 16.8. The summed E-state index contributed by atoms with van der Waals surface area (Å²) >= 11 is 2.46. The van der Waals surface area contributed by atoms with E-state index in [0.29, 0.717) is 0 Å². The molecule has 5 aromatic rings. The van der Waals surface area contributed by atoms with Gasteiger partial charge < -0.3 is 0 Å². The predicted molar refractivity (Wildman–Crippen MR) is 170 cm³/mol. The second-order valence-electron chi connectivity index (χ2n) is 11.4. The van der Waals surface area contributed by atoms with Gasteiger partial charge in [0.05, 0.1) is 0 Å². The summed E-state index contributed by atoms with van der Waals surface area (Å²) in [6, 6.07) is 13.2. The van der Waals surface area contributed by atoms with Gasteiger partial charge in [-0.05, 0) is 0 Å². The molecule has 0 radical (unpaired) electrons. The molecule has 1 aromatic carbocycles. The van der Waals surface area contributed by atoms with Gasteiger partial charge in [-0.3, -0.25) is 0 Å². The van der Waals surface area contributed by atoms with Crippen molar-refractivity contribution in [2.75, 3.05) is 0 Å². The molecule has 4 heterocycles. The van der Waals surface area contributed by atoms with E-state index < -0.39 is 36.8 Å². The summed E-state index contributed by atoms with van der Waals surface area (Å²) in [6.45, 7) is 3.31. The fourth-order valence-corrected chi connectivity index (χ4v) is 19.3. The normalized spacial score (nSPS) is 12.7. The summed E-state index contributed by atoms with van der Waals surface area (Å²) < 4.78 is 5.78. The molecule has 0 aliphatic rings. The van der Waals surface area contributed by atoms with Crippen LogP contribution in [0.2, 0.25) is 29.6 Å². The molecule has 0 N–H and O–H groups in total. The molecule has 36 heavy (non-hydrogen) atoms. The number of benzene rings is 1. The van der Waals surface area contributed by atoms with Crippen LogP contribution in [0.5, 0.6) is 0 Å². The minimum atomic E-state index is -2.36. The van der Waals surface area contributed by atoms with Crippen molar-refractivity contribution in [2.24, 2.45) is 0 Å². The van der Waals surface area contributed by atoms with Crippen LogP contribution in [-0.2, 0) is 0 Å². The Labute approximate surface area is 237 Å². The van der Waals surface area contributed by atoms with Crippen molar-refractivity contribution in [1.82, 2.24) is 0 Å². The van der Waals surface area contributed by atoms with Crippen LogP contribution in [0.4, 0.5) is 0 Å². The molecule has 0 aliphatic heterocycles. The van der Waals surface area contributed by atoms with Crippen LogP contribution in [-0.4, -0.2) is 48.3 Å². The molecular weight excluding hydrogens is 734 g/mol. The van der Waals surface area contributed by atoms with Crippen LogP contribution in [0.15, 0.2) is 36.4 Å². The Balaban J connectivity index is 1.97. The van der Waals surface area contributed by atoms with Crippen molar-refractivity contribution in [3.63, 3.8) is 0 Å². The van der Waals surface area contributed by atoms with E-state index in [-0.39, 0.29) is 11.6 Å². The predicted octanol–water partition coefficient (Wildman–Crippen LogP) is 9.07. The maximum atomic E-state index is 12.2. The van der Waals surface area contributed by atoms with E-state index in [1.54, 1.807) is 42.3 Å². The Morgan fingerprint density at radius 2 is 0.944 bits per heavy atom. The molecule has 5 rings (SSSR count). The third kappa shape index (κ3) is 4.83. The molecule has 0 fully saturated rings. The summed E-state index contributed by atoms with van der Waals surface area (Å²) in [5, 5.41) is 2.63. The van der Waals surface area contributed by atoms with Gasteiger partial charge in [0.2, 0.25) is 0 Å². The van der Waals surface area contributed by atoms with Crippen LogP contribution in [0.3, 0.4) is 0 Å². The minimum absolute atomic E-state index is 0.125. The van der Waals surface area contributed by atoms with E-state index in [9.17, 15) is 9.59 Å². The van der Waals surface area contributed by atoms with E-state index in [0.717, 1.165) is 9.75 Å². The molecule has 2 nitrogen and oxygen atoms in total. The van der Waals surface area contributed by atoms with Crippen LogP contribution >= 0.6 is 45.3 Å². The molecular formula is C28H30O2S4Sn2. The zero-order chi connectivity index (χ0) is 26.2. The van der Waals surface area contributed by atoms with Gasteiger partial charge in [0.1, 0.15) is 0 Å². The molecule has 0 atom stereocenters. The zero-order valence-electron chi connectivity index (χ0n) is 21.9. The van der Waals surface area contributed by atoms with E-state index in [1.807, 2.05) is 34.8 Å². The van der Waals surface area contributed by atoms with Gasteiger partial charge in [-0.15, -0.1) is 0 Å². The number of Topliss-reactive ketones (excluding diaryl/α,β-unsaturated/α-hetero) is 2. The van der Waals surface area contributed by atoms with Gasteiger partial charge in [0.15, 0.2) is 0 Å². The molecule has 0 bridgehead atoms. The van der Waals surface area contributed by atoms with Crippen LogP contribution in [0, 0.1) is 0 Å². The second kappa shape index (κ2) is 9.59. The fourth-order valence-electron chi connectivity index (χ4n) is 4.32. The number of carbonyl (C=O) groups excluding carboxylic acids is 2. The van der Waals surface area contributed by atoms with Gasteiger partial charge in [0.25, 0.3) is 0 Å². The number of thiophene rings is 4. The molecule has 0 saturated heterocycles. The van der Waals surface area contributed by atoms with Crippen LogP contribution in [0.25, 0.3) is 41.1 Å². The molecule has 0 amide bonds. The van der Waals surface area contributed by atoms with Gasteiger partial charge >= 0.3 is 240 Å². The first kappa shape index (κ1) is 27.1. The molecule has 0 spiro atoms. The third-order valence-electron chi connectivity index (χ3n) is 6.33. The van der Waals surface area contributed by atoms with Gasteiger partial charge in [-0.25, -0.2) is 0 Å². The Kier molecular flexibility index (Phi) is 7.21. The number of fused-ring (bicyclic) bond motifs is 2. The Morgan fingerprint density at radius 1 is 0.583 bits per heavy atom. The average molecular weight is 764 g/mol. The summed E-state index contributed by atoms with van der Waals surface area (Å²) in [5.41, 5.74) is 2.60. The van der Waals surface area contributed by atoms with Crippen molar-refractivity contribution in [2.45, 2.75) is 43.5 Å². The third-order valence-corrected chi connectivity index (χ3v) is 29.9. The SMILES string of the molecule is CC(=O)c1ccc(-c2c3c[c]([Sn]([CH3])([CH3])[CH3])sc3c(-c3ccc(C(C)=O)s3)c3c[c]([Sn]([CH3])([CH3])[CH3])sc23)s1. The molecule has 0 saturated carbocycles. The van der Waals surface area contributed by atoms with Crippen molar-refractivity contribution >= 4 is 120 Å². The first-order valence-corrected chi connectivity index (χ1v) is 35.3. The number of carbonyl (C=O) groups is 2.